The predicted molar refractivity (Wildman–Crippen MR) is 82.6 cm³/mol. The Balaban J connectivity index is 2.02. The zero-order chi connectivity index (χ0) is 15.2. The molecule has 6 heteroatoms. The molecule has 0 saturated carbocycles. The van der Waals surface area contributed by atoms with Crippen molar-refractivity contribution in [3.63, 3.8) is 0 Å². The predicted octanol–water partition coefficient (Wildman–Crippen LogP) is 2.64. The highest BCUT2D eigenvalue weighted by Gasteiger charge is 2.19. The van der Waals surface area contributed by atoms with Crippen molar-refractivity contribution in [2.75, 3.05) is 32.1 Å². The lowest BCUT2D eigenvalue weighted by molar-refractivity contribution is -0.384. The molecule has 1 aliphatic rings. The summed E-state index contributed by atoms with van der Waals surface area (Å²) in [7, 11) is 2.02. The number of anilines is 1. The highest BCUT2D eigenvalue weighted by atomic mass is 16.6. The second kappa shape index (κ2) is 7.38. The molecule has 1 aromatic rings. The molecule has 0 amide bonds. The second-order valence-corrected chi connectivity index (χ2v) is 5.47. The summed E-state index contributed by atoms with van der Waals surface area (Å²) in [4.78, 5) is 13.0. The molecule has 1 unspecified atom stereocenters. The first kappa shape index (κ1) is 15.7. The van der Waals surface area contributed by atoms with Crippen molar-refractivity contribution < 1.29 is 9.66 Å². The van der Waals surface area contributed by atoms with E-state index >= 15 is 0 Å². The highest BCUT2D eigenvalue weighted by molar-refractivity contribution is 5.62. The van der Waals surface area contributed by atoms with Crippen molar-refractivity contribution in [2.24, 2.45) is 0 Å². The Morgan fingerprint density at radius 2 is 2.33 bits per heavy atom. The van der Waals surface area contributed by atoms with Gasteiger partial charge < -0.3 is 10.1 Å². The smallest absolute Gasteiger partial charge is 0.292 e. The Morgan fingerprint density at radius 1 is 1.52 bits per heavy atom. The molecule has 2 rings (SSSR count). The largest absolute Gasteiger partial charge is 0.380 e. The standard InChI is InChI=1S/C15H23N3O3/c1-3-16-14-7-6-12(9-15(14)18(19)20)10-17(2)11-13-5-4-8-21-13/h6-7,9,13,16H,3-5,8,10-11H2,1-2H3. The molecule has 0 aromatic heterocycles. The molecular weight excluding hydrogens is 270 g/mol. The molecule has 116 valence electrons. The number of ether oxygens (including phenoxy) is 1. The Morgan fingerprint density at radius 3 is 2.95 bits per heavy atom. The number of nitrogens with zero attached hydrogens (tertiary/aromatic N) is 2. The van der Waals surface area contributed by atoms with Crippen molar-refractivity contribution >= 4 is 11.4 Å². The first-order chi connectivity index (χ1) is 10.1. The van der Waals surface area contributed by atoms with Gasteiger partial charge in [0.25, 0.3) is 5.69 Å². The Kier molecular flexibility index (Phi) is 5.52. The van der Waals surface area contributed by atoms with E-state index in [-0.39, 0.29) is 10.6 Å². The molecule has 1 fully saturated rings. The number of hydrogen-bond donors (Lipinski definition) is 1. The lowest BCUT2D eigenvalue weighted by Crippen LogP contribution is -2.28. The van der Waals surface area contributed by atoms with Gasteiger partial charge in [-0.25, -0.2) is 0 Å². The normalized spacial score (nSPS) is 18.1. The van der Waals surface area contributed by atoms with Crippen LogP contribution in [0, 0.1) is 10.1 Å². The quantitative estimate of drug-likeness (QED) is 0.618. The summed E-state index contributed by atoms with van der Waals surface area (Å²) >= 11 is 0. The molecule has 1 heterocycles. The number of benzene rings is 1. The number of likely N-dealkylation sites (N-methyl/N-ethyl adjacent to an activating group) is 1. The number of nitrogens with one attached hydrogen (secondary N) is 1. The van der Waals surface area contributed by atoms with Gasteiger partial charge in [-0.1, -0.05) is 6.07 Å². The molecule has 1 N–H and O–H groups in total. The molecule has 21 heavy (non-hydrogen) atoms. The van der Waals surface area contributed by atoms with E-state index in [1.807, 2.05) is 20.0 Å². The van der Waals surface area contributed by atoms with E-state index in [9.17, 15) is 10.1 Å². The molecule has 0 spiro atoms. The molecule has 1 aliphatic heterocycles. The molecule has 1 atom stereocenters. The van der Waals surface area contributed by atoms with E-state index in [0.717, 1.165) is 31.6 Å². The average molecular weight is 293 g/mol. The first-order valence-electron chi connectivity index (χ1n) is 7.41. The Labute approximate surface area is 125 Å². The molecule has 1 saturated heterocycles. The van der Waals surface area contributed by atoms with Crippen molar-refractivity contribution in [3.05, 3.63) is 33.9 Å². The summed E-state index contributed by atoms with van der Waals surface area (Å²) in [5, 5.41) is 14.2. The number of nitro groups is 1. The van der Waals surface area contributed by atoms with Crippen LogP contribution in [0.15, 0.2) is 18.2 Å². The van der Waals surface area contributed by atoms with Gasteiger partial charge in [-0.2, -0.15) is 0 Å². The number of nitro benzene ring substituents is 1. The van der Waals surface area contributed by atoms with Crippen molar-refractivity contribution in [3.8, 4) is 0 Å². The third-order valence-electron chi connectivity index (χ3n) is 3.62. The molecule has 6 nitrogen and oxygen atoms in total. The van der Waals surface area contributed by atoms with E-state index in [1.165, 1.54) is 0 Å². The zero-order valence-corrected chi connectivity index (χ0v) is 12.7. The summed E-state index contributed by atoms with van der Waals surface area (Å²) in [5.74, 6) is 0. The monoisotopic (exact) mass is 293 g/mol. The lowest BCUT2D eigenvalue weighted by atomic mass is 10.1. The minimum atomic E-state index is -0.332. The first-order valence-corrected chi connectivity index (χ1v) is 7.41. The van der Waals surface area contributed by atoms with E-state index < -0.39 is 0 Å². The van der Waals surface area contributed by atoms with E-state index in [4.69, 9.17) is 4.74 Å². The summed E-state index contributed by atoms with van der Waals surface area (Å²) in [6.45, 7) is 4.99. The lowest BCUT2D eigenvalue weighted by Gasteiger charge is -2.20. The Hall–Kier alpha value is -1.66. The van der Waals surface area contributed by atoms with Crippen molar-refractivity contribution in [1.29, 1.82) is 0 Å². The Bertz CT molecular complexity index is 487. The van der Waals surface area contributed by atoms with Crippen LogP contribution in [0.3, 0.4) is 0 Å². The van der Waals surface area contributed by atoms with Gasteiger partial charge in [0.15, 0.2) is 0 Å². The van der Waals surface area contributed by atoms with Crippen LogP contribution in [0.1, 0.15) is 25.3 Å². The third kappa shape index (κ3) is 4.41. The van der Waals surface area contributed by atoms with Crippen molar-refractivity contribution in [2.45, 2.75) is 32.4 Å². The van der Waals surface area contributed by atoms with Crippen LogP contribution in [-0.2, 0) is 11.3 Å². The van der Waals surface area contributed by atoms with E-state index in [0.29, 0.717) is 24.9 Å². The van der Waals surface area contributed by atoms with Crippen LogP contribution in [-0.4, -0.2) is 42.7 Å². The van der Waals surface area contributed by atoms with Crippen LogP contribution >= 0.6 is 0 Å². The summed E-state index contributed by atoms with van der Waals surface area (Å²) in [6, 6.07) is 5.39. The van der Waals surface area contributed by atoms with Gasteiger partial charge in [-0.3, -0.25) is 15.0 Å². The van der Waals surface area contributed by atoms with Gasteiger partial charge in [0.2, 0.25) is 0 Å². The fourth-order valence-corrected chi connectivity index (χ4v) is 2.68. The maximum Gasteiger partial charge on any atom is 0.292 e. The fraction of sp³-hybridized carbons (Fsp3) is 0.600. The topological polar surface area (TPSA) is 67.6 Å². The molecule has 0 aliphatic carbocycles. The average Bonchev–Trinajstić information content (AvgIpc) is 2.93. The molecular formula is C15H23N3O3. The maximum atomic E-state index is 11.1. The van der Waals surface area contributed by atoms with Gasteiger partial charge >= 0.3 is 0 Å². The van der Waals surface area contributed by atoms with Gasteiger partial charge in [0.05, 0.1) is 11.0 Å². The molecule has 1 aromatic carbocycles. The molecule has 0 bridgehead atoms. The highest BCUT2D eigenvalue weighted by Crippen LogP contribution is 2.26. The van der Waals surface area contributed by atoms with Crippen LogP contribution in [0.5, 0.6) is 0 Å². The van der Waals surface area contributed by atoms with Crippen LogP contribution in [0.4, 0.5) is 11.4 Å². The SMILES string of the molecule is CCNc1ccc(CN(C)CC2CCCO2)cc1[N+](=O)[O-]. The second-order valence-electron chi connectivity index (χ2n) is 5.47. The summed E-state index contributed by atoms with van der Waals surface area (Å²) in [6.07, 6.45) is 2.52. The maximum absolute atomic E-state index is 11.1. The molecule has 0 radical (unpaired) electrons. The summed E-state index contributed by atoms with van der Waals surface area (Å²) in [5.41, 5.74) is 1.66. The van der Waals surface area contributed by atoms with Gasteiger partial charge in [0.1, 0.15) is 5.69 Å². The van der Waals surface area contributed by atoms with Crippen LogP contribution in [0.2, 0.25) is 0 Å². The van der Waals surface area contributed by atoms with Gasteiger partial charge in [-0.15, -0.1) is 0 Å². The number of rotatable bonds is 7. The summed E-state index contributed by atoms with van der Waals surface area (Å²) < 4.78 is 5.61. The van der Waals surface area contributed by atoms with Gasteiger partial charge in [0, 0.05) is 32.3 Å². The van der Waals surface area contributed by atoms with Crippen molar-refractivity contribution in [1.82, 2.24) is 4.90 Å². The number of hydrogen-bond acceptors (Lipinski definition) is 5. The van der Waals surface area contributed by atoms with Crippen LogP contribution < -0.4 is 5.32 Å². The fourth-order valence-electron chi connectivity index (χ4n) is 2.68. The minimum absolute atomic E-state index is 0.139. The minimum Gasteiger partial charge on any atom is -0.380 e. The van der Waals surface area contributed by atoms with E-state index in [2.05, 4.69) is 10.2 Å². The zero-order valence-electron chi connectivity index (χ0n) is 12.7. The van der Waals surface area contributed by atoms with E-state index in [1.54, 1.807) is 12.1 Å². The third-order valence-corrected chi connectivity index (χ3v) is 3.62. The van der Waals surface area contributed by atoms with Gasteiger partial charge in [-0.05, 0) is 38.4 Å². The van der Waals surface area contributed by atoms with Crippen LogP contribution in [0.25, 0.3) is 0 Å².